The van der Waals surface area contributed by atoms with Crippen molar-refractivity contribution in [2.45, 2.75) is 0 Å². The first-order valence-corrected chi connectivity index (χ1v) is 6.91. The fraction of sp³-hybridized carbons (Fsp3) is 0.118. The van der Waals surface area contributed by atoms with Gasteiger partial charge in [0.05, 0.1) is 25.4 Å². The molecule has 1 aromatic heterocycles. The predicted octanol–water partition coefficient (Wildman–Crippen LogP) is 4.71. The van der Waals surface area contributed by atoms with Crippen LogP contribution in [0.25, 0.3) is 10.9 Å². The minimum Gasteiger partial charge on any atom is -0.493 e. The van der Waals surface area contributed by atoms with Gasteiger partial charge in [-0.3, -0.25) is 4.98 Å². The summed E-state index contributed by atoms with van der Waals surface area (Å²) in [7, 11) is 3.17. The van der Waals surface area contributed by atoms with E-state index in [0.29, 0.717) is 28.7 Å². The predicted molar refractivity (Wildman–Crippen MR) is 86.2 cm³/mol. The number of pyridine rings is 1. The van der Waals surface area contributed by atoms with Crippen LogP contribution in [0.4, 0.5) is 5.69 Å². The lowest BCUT2D eigenvalue weighted by Crippen LogP contribution is -1.93. The van der Waals surface area contributed by atoms with Crippen LogP contribution in [0.2, 0.25) is 0 Å². The molecule has 0 fully saturated rings. The molecule has 3 aromatic rings. The summed E-state index contributed by atoms with van der Waals surface area (Å²) in [5.74, 6) is 2.54. The van der Waals surface area contributed by atoms with Crippen molar-refractivity contribution >= 4 is 16.6 Å². The third kappa shape index (κ3) is 2.91. The lowest BCUT2D eigenvalue weighted by Gasteiger charge is -2.12. The van der Waals surface area contributed by atoms with Gasteiger partial charge in [0.1, 0.15) is 11.5 Å². The number of ether oxygens (including phenoxy) is 3. The van der Waals surface area contributed by atoms with E-state index in [9.17, 15) is 0 Å². The Morgan fingerprint density at radius 2 is 1.61 bits per heavy atom. The number of hydrogen-bond acceptors (Lipinski definition) is 6. The second-order valence-electron chi connectivity index (χ2n) is 4.74. The Morgan fingerprint density at radius 3 is 2.26 bits per heavy atom. The largest absolute Gasteiger partial charge is 0.493 e. The number of benzene rings is 2. The van der Waals surface area contributed by atoms with Gasteiger partial charge >= 0.3 is 0 Å². The summed E-state index contributed by atoms with van der Waals surface area (Å²) in [5.41, 5.74) is 8.30. The first-order valence-electron chi connectivity index (χ1n) is 6.91. The molecule has 0 aliphatic carbocycles. The zero-order valence-electron chi connectivity index (χ0n) is 12.7. The van der Waals surface area contributed by atoms with Gasteiger partial charge in [-0.05, 0) is 36.4 Å². The maximum absolute atomic E-state index is 6.98. The van der Waals surface area contributed by atoms with Gasteiger partial charge in [-0.25, -0.2) is 5.53 Å². The van der Waals surface area contributed by atoms with E-state index < -0.39 is 0 Å². The smallest absolute Gasteiger partial charge is 0.162 e. The van der Waals surface area contributed by atoms with E-state index in [1.54, 1.807) is 50.7 Å². The summed E-state index contributed by atoms with van der Waals surface area (Å²) in [6, 6.07) is 12.4. The Bertz CT molecular complexity index is 848. The molecule has 0 amide bonds. The summed E-state index contributed by atoms with van der Waals surface area (Å²) in [6.45, 7) is 0. The van der Waals surface area contributed by atoms with Crippen LogP contribution in [0, 0.1) is 5.53 Å². The highest BCUT2D eigenvalue weighted by Gasteiger charge is 2.11. The van der Waals surface area contributed by atoms with Crippen LogP contribution in [-0.4, -0.2) is 19.2 Å². The molecular weight excluding hydrogens is 294 g/mol. The number of nitrogens with zero attached hydrogens (tertiary/aromatic N) is 2. The van der Waals surface area contributed by atoms with Gasteiger partial charge in [-0.1, -0.05) is 0 Å². The van der Waals surface area contributed by atoms with E-state index >= 15 is 0 Å². The van der Waals surface area contributed by atoms with Gasteiger partial charge in [0.2, 0.25) is 0 Å². The summed E-state index contributed by atoms with van der Waals surface area (Å²) in [5, 5.41) is 4.18. The molecule has 0 aliphatic rings. The maximum atomic E-state index is 6.98. The van der Waals surface area contributed by atoms with Crippen LogP contribution < -0.4 is 14.2 Å². The van der Waals surface area contributed by atoms with Crippen LogP contribution in [0.5, 0.6) is 23.0 Å². The van der Waals surface area contributed by atoms with Crippen molar-refractivity contribution in [2.75, 3.05) is 14.2 Å². The summed E-state index contributed by atoms with van der Waals surface area (Å²) >= 11 is 0. The van der Waals surface area contributed by atoms with Gasteiger partial charge in [0.25, 0.3) is 0 Å². The average molecular weight is 309 g/mol. The minimum atomic E-state index is 0.573. The fourth-order valence-electron chi connectivity index (χ4n) is 2.25. The molecule has 6 heteroatoms. The molecule has 0 atom stereocenters. The van der Waals surface area contributed by atoms with Gasteiger partial charge < -0.3 is 14.2 Å². The van der Waals surface area contributed by atoms with Crippen molar-refractivity contribution in [3.63, 3.8) is 0 Å². The maximum Gasteiger partial charge on any atom is 0.162 e. The Labute approximate surface area is 133 Å². The minimum absolute atomic E-state index is 0.573. The molecule has 116 valence electrons. The summed E-state index contributed by atoms with van der Waals surface area (Å²) in [4.78, 5) is 4.34. The second-order valence-corrected chi connectivity index (χ2v) is 4.74. The molecule has 0 aliphatic heterocycles. The van der Waals surface area contributed by atoms with Crippen LogP contribution in [-0.2, 0) is 0 Å². The number of fused-ring (bicyclic) bond motifs is 1. The first kappa shape index (κ1) is 14.8. The Morgan fingerprint density at radius 1 is 0.913 bits per heavy atom. The molecule has 0 bridgehead atoms. The number of rotatable bonds is 5. The molecule has 0 unspecified atom stereocenters. The van der Waals surface area contributed by atoms with Crippen molar-refractivity contribution in [1.29, 1.82) is 5.53 Å². The van der Waals surface area contributed by atoms with Crippen molar-refractivity contribution in [2.24, 2.45) is 5.11 Å². The van der Waals surface area contributed by atoms with Crippen molar-refractivity contribution < 1.29 is 14.2 Å². The third-order valence-electron chi connectivity index (χ3n) is 3.40. The molecule has 0 spiro atoms. The van der Waals surface area contributed by atoms with Crippen molar-refractivity contribution in [3.8, 4) is 23.0 Å². The van der Waals surface area contributed by atoms with E-state index in [-0.39, 0.29) is 0 Å². The van der Waals surface area contributed by atoms with Gasteiger partial charge in [0.15, 0.2) is 11.5 Å². The molecule has 0 radical (unpaired) electrons. The van der Waals surface area contributed by atoms with E-state index in [1.807, 2.05) is 12.1 Å². The molecular formula is C17H15N3O3. The summed E-state index contributed by atoms with van der Waals surface area (Å²) < 4.78 is 16.6. The quantitative estimate of drug-likeness (QED) is 0.693. The highest BCUT2D eigenvalue weighted by atomic mass is 16.5. The van der Waals surface area contributed by atoms with Crippen LogP contribution >= 0.6 is 0 Å². The molecule has 6 nitrogen and oxygen atoms in total. The average Bonchev–Trinajstić information content (AvgIpc) is 2.61. The van der Waals surface area contributed by atoms with E-state index in [2.05, 4.69) is 10.1 Å². The van der Waals surface area contributed by atoms with Crippen LogP contribution in [0.3, 0.4) is 0 Å². The van der Waals surface area contributed by atoms with E-state index in [0.717, 1.165) is 10.9 Å². The lowest BCUT2D eigenvalue weighted by molar-refractivity contribution is 0.355. The number of hydrogen-bond donors (Lipinski definition) is 1. The number of nitrogens with one attached hydrogen (secondary N) is 1. The molecule has 3 rings (SSSR count). The molecule has 2 aromatic carbocycles. The third-order valence-corrected chi connectivity index (χ3v) is 3.40. The topological polar surface area (TPSA) is 76.8 Å². The Kier molecular flexibility index (Phi) is 4.05. The van der Waals surface area contributed by atoms with E-state index in [1.165, 1.54) is 0 Å². The standard InChI is InChI=1S/C17H15N3O3/c1-21-16-9-13-14(10-17(16)22-2)19-8-7-15(13)23-12-5-3-11(20-18)4-6-12/h3-10,18H,1-2H3. The highest BCUT2D eigenvalue weighted by molar-refractivity contribution is 5.88. The zero-order chi connectivity index (χ0) is 16.2. The van der Waals surface area contributed by atoms with Crippen molar-refractivity contribution in [3.05, 3.63) is 48.7 Å². The number of aromatic nitrogens is 1. The van der Waals surface area contributed by atoms with Crippen molar-refractivity contribution in [1.82, 2.24) is 4.98 Å². The molecule has 1 heterocycles. The van der Waals surface area contributed by atoms with Gasteiger partial charge in [-0.2, -0.15) is 5.11 Å². The SMILES string of the molecule is COc1cc2nccc(Oc3ccc(N=N)cc3)c2cc1OC. The highest BCUT2D eigenvalue weighted by Crippen LogP contribution is 2.36. The molecule has 0 saturated carbocycles. The molecule has 23 heavy (non-hydrogen) atoms. The lowest BCUT2D eigenvalue weighted by atomic mass is 10.2. The van der Waals surface area contributed by atoms with E-state index in [4.69, 9.17) is 19.7 Å². The zero-order valence-corrected chi connectivity index (χ0v) is 12.7. The Balaban J connectivity index is 2.04. The Hall–Kier alpha value is -3.15. The van der Waals surface area contributed by atoms with Gasteiger partial charge in [0, 0.05) is 17.6 Å². The first-order chi connectivity index (χ1) is 11.2. The second kappa shape index (κ2) is 6.31. The molecule has 0 saturated heterocycles. The van der Waals surface area contributed by atoms with Gasteiger partial charge in [-0.15, -0.1) is 0 Å². The van der Waals surface area contributed by atoms with Crippen LogP contribution in [0.1, 0.15) is 0 Å². The normalized spacial score (nSPS) is 10.3. The molecule has 1 N–H and O–H groups in total. The van der Waals surface area contributed by atoms with Crippen LogP contribution in [0.15, 0.2) is 53.8 Å². The monoisotopic (exact) mass is 309 g/mol. The fourth-order valence-corrected chi connectivity index (χ4v) is 2.25. The number of methoxy groups -OCH3 is 2. The summed E-state index contributed by atoms with van der Waals surface area (Å²) in [6.07, 6.45) is 1.68.